The second kappa shape index (κ2) is 6.89. The van der Waals surface area contributed by atoms with Gasteiger partial charge in [-0.25, -0.2) is 0 Å². The normalized spacial score (nSPS) is 12.0. The number of benzene rings is 1. The molecule has 2 rings (SSSR count). The largest absolute Gasteiger partial charge is 0.318 e. The fourth-order valence-corrected chi connectivity index (χ4v) is 2.42. The Bertz CT molecular complexity index is 719. The highest BCUT2D eigenvalue weighted by molar-refractivity contribution is 9.10. The van der Waals surface area contributed by atoms with Crippen LogP contribution < -0.4 is 5.32 Å². The lowest BCUT2D eigenvalue weighted by Crippen LogP contribution is -2.26. The number of rotatable bonds is 5. The number of nitro benzene ring substituents is 1. The van der Waals surface area contributed by atoms with Crippen LogP contribution in [0.2, 0.25) is 5.02 Å². The van der Waals surface area contributed by atoms with E-state index in [0.717, 1.165) is 4.47 Å². The van der Waals surface area contributed by atoms with Gasteiger partial charge in [-0.15, -0.1) is 0 Å². The van der Waals surface area contributed by atoms with Gasteiger partial charge in [0.25, 0.3) is 5.69 Å². The van der Waals surface area contributed by atoms with E-state index in [4.69, 9.17) is 11.6 Å². The minimum Gasteiger partial charge on any atom is -0.318 e. The number of nitrogens with one attached hydrogen (secondary N) is 1. The topological polar surface area (TPSA) is 90.1 Å². The van der Waals surface area contributed by atoms with Gasteiger partial charge in [0, 0.05) is 17.3 Å². The molecular formula is C13H12BrClN4O3. The van der Waals surface area contributed by atoms with Gasteiger partial charge in [0.2, 0.25) is 5.91 Å². The molecule has 22 heavy (non-hydrogen) atoms. The molecule has 0 aliphatic carbocycles. The van der Waals surface area contributed by atoms with Crippen LogP contribution in [0.4, 0.5) is 11.4 Å². The predicted octanol–water partition coefficient (Wildman–Crippen LogP) is 3.80. The minimum absolute atomic E-state index is 0.101. The lowest BCUT2D eigenvalue weighted by molar-refractivity contribution is -0.383. The maximum Gasteiger partial charge on any atom is 0.294 e. The smallest absolute Gasteiger partial charge is 0.294 e. The molecule has 1 unspecified atom stereocenters. The van der Waals surface area contributed by atoms with Gasteiger partial charge in [-0.05, 0) is 34.5 Å². The molecule has 0 spiro atoms. The Morgan fingerprint density at radius 1 is 1.59 bits per heavy atom. The lowest BCUT2D eigenvalue weighted by Gasteiger charge is -2.15. The zero-order valence-electron chi connectivity index (χ0n) is 11.5. The number of hydrogen-bond donors (Lipinski definition) is 1. The monoisotopic (exact) mass is 386 g/mol. The molecule has 7 nitrogen and oxygen atoms in total. The summed E-state index contributed by atoms with van der Waals surface area (Å²) in [6, 6.07) is 3.52. The molecular weight excluding hydrogens is 376 g/mol. The number of nitro groups is 1. The van der Waals surface area contributed by atoms with Crippen LogP contribution in [-0.4, -0.2) is 20.6 Å². The first-order chi connectivity index (χ1) is 10.4. The summed E-state index contributed by atoms with van der Waals surface area (Å²) in [7, 11) is 0. The molecule has 0 aliphatic rings. The van der Waals surface area contributed by atoms with Gasteiger partial charge in [0.1, 0.15) is 11.7 Å². The number of hydrogen-bond acceptors (Lipinski definition) is 4. The highest BCUT2D eigenvalue weighted by atomic mass is 79.9. The van der Waals surface area contributed by atoms with Crippen LogP contribution >= 0.6 is 27.5 Å². The molecule has 116 valence electrons. The maximum atomic E-state index is 12.4. The van der Waals surface area contributed by atoms with E-state index in [1.165, 1.54) is 22.9 Å². The predicted molar refractivity (Wildman–Crippen MR) is 86.0 cm³/mol. The molecule has 2 aromatic rings. The quantitative estimate of drug-likeness (QED) is 0.624. The molecule has 0 saturated heterocycles. The molecule has 0 fully saturated rings. The average Bonchev–Trinajstić information content (AvgIpc) is 2.87. The summed E-state index contributed by atoms with van der Waals surface area (Å²) < 4.78 is 2.25. The van der Waals surface area contributed by atoms with Crippen molar-refractivity contribution >= 4 is 44.8 Å². The third-order valence-electron chi connectivity index (χ3n) is 2.99. The highest BCUT2D eigenvalue weighted by Crippen LogP contribution is 2.28. The number of anilines is 1. The molecule has 0 radical (unpaired) electrons. The lowest BCUT2D eigenvalue weighted by atomic mass is 10.2. The first-order valence-electron chi connectivity index (χ1n) is 6.36. The van der Waals surface area contributed by atoms with Crippen molar-refractivity contribution in [2.24, 2.45) is 0 Å². The van der Waals surface area contributed by atoms with Gasteiger partial charge in [0.15, 0.2) is 0 Å². The number of halogens is 2. The van der Waals surface area contributed by atoms with Crippen LogP contribution in [-0.2, 0) is 4.79 Å². The summed E-state index contributed by atoms with van der Waals surface area (Å²) in [6.45, 7) is 1.83. The number of aromatic nitrogens is 2. The number of carbonyl (C=O) groups excluding carboxylic acids is 1. The summed E-state index contributed by atoms with van der Waals surface area (Å²) in [5.41, 5.74) is -0.151. The second-order valence-corrected chi connectivity index (χ2v) is 5.82. The van der Waals surface area contributed by atoms with Crippen molar-refractivity contribution in [2.75, 3.05) is 5.32 Å². The minimum atomic E-state index is -0.590. The third kappa shape index (κ3) is 3.63. The van der Waals surface area contributed by atoms with Gasteiger partial charge in [0.05, 0.1) is 15.6 Å². The standard InChI is InChI=1S/C13H12BrClN4O3/c1-2-11(18-7-8(14)6-16-18)13(20)17-10-4-3-9(15)5-12(10)19(21)22/h3-7,11H,2H2,1H3,(H,17,20). The Balaban J connectivity index is 2.26. The van der Waals surface area contributed by atoms with Crippen molar-refractivity contribution < 1.29 is 9.72 Å². The van der Waals surface area contributed by atoms with Crippen molar-refractivity contribution in [3.8, 4) is 0 Å². The second-order valence-electron chi connectivity index (χ2n) is 4.47. The van der Waals surface area contributed by atoms with E-state index >= 15 is 0 Å². The summed E-state index contributed by atoms with van der Waals surface area (Å²) in [4.78, 5) is 22.8. The van der Waals surface area contributed by atoms with Gasteiger partial charge in [-0.3, -0.25) is 19.6 Å². The first kappa shape index (κ1) is 16.4. The summed E-state index contributed by atoms with van der Waals surface area (Å²) >= 11 is 9.01. The Kier molecular flexibility index (Phi) is 5.15. The number of nitrogens with zero attached hydrogens (tertiary/aromatic N) is 3. The van der Waals surface area contributed by atoms with Gasteiger partial charge >= 0.3 is 0 Å². The molecule has 0 bridgehead atoms. The third-order valence-corrected chi connectivity index (χ3v) is 3.64. The van der Waals surface area contributed by atoms with Crippen LogP contribution in [0.25, 0.3) is 0 Å². The van der Waals surface area contributed by atoms with Crippen LogP contribution in [0, 0.1) is 10.1 Å². The molecule has 1 atom stereocenters. The van der Waals surface area contributed by atoms with Crippen molar-refractivity contribution in [1.29, 1.82) is 0 Å². The molecule has 9 heteroatoms. The molecule has 1 amide bonds. The molecule has 1 heterocycles. The Hall–Kier alpha value is -1.93. The molecule has 0 aliphatic heterocycles. The fraction of sp³-hybridized carbons (Fsp3) is 0.231. The Labute approximate surface area is 139 Å². The average molecular weight is 388 g/mol. The van der Waals surface area contributed by atoms with Crippen molar-refractivity contribution in [1.82, 2.24) is 9.78 Å². The van der Waals surface area contributed by atoms with Crippen LogP contribution in [0.3, 0.4) is 0 Å². The molecule has 1 aromatic carbocycles. The molecule has 1 N–H and O–H groups in total. The van der Waals surface area contributed by atoms with E-state index in [0.29, 0.717) is 6.42 Å². The van der Waals surface area contributed by atoms with Crippen molar-refractivity contribution in [3.63, 3.8) is 0 Å². The Morgan fingerprint density at radius 2 is 2.32 bits per heavy atom. The number of carbonyl (C=O) groups is 1. The highest BCUT2D eigenvalue weighted by Gasteiger charge is 2.23. The van der Waals surface area contributed by atoms with E-state index in [1.54, 1.807) is 12.4 Å². The van der Waals surface area contributed by atoms with E-state index in [2.05, 4.69) is 26.3 Å². The van der Waals surface area contributed by atoms with Crippen LogP contribution in [0.1, 0.15) is 19.4 Å². The van der Waals surface area contributed by atoms with E-state index < -0.39 is 11.0 Å². The molecule has 1 aromatic heterocycles. The zero-order valence-corrected chi connectivity index (χ0v) is 13.8. The van der Waals surface area contributed by atoms with Crippen LogP contribution in [0.15, 0.2) is 35.1 Å². The van der Waals surface area contributed by atoms with E-state index in [-0.39, 0.29) is 22.3 Å². The molecule has 0 saturated carbocycles. The fourth-order valence-electron chi connectivity index (χ4n) is 1.96. The Morgan fingerprint density at radius 3 is 2.86 bits per heavy atom. The van der Waals surface area contributed by atoms with Gasteiger partial charge < -0.3 is 5.32 Å². The van der Waals surface area contributed by atoms with E-state index in [1.807, 2.05) is 6.92 Å². The van der Waals surface area contributed by atoms with Crippen molar-refractivity contribution in [2.45, 2.75) is 19.4 Å². The number of amides is 1. The van der Waals surface area contributed by atoms with Crippen molar-refractivity contribution in [3.05, 3.63) is 50.2 Å². The first-order valence-corrected chi connectivity index (χ1v) is 7.54. The van der Waals surface area contributed by atoms with E-state index in [9.17, 15) is 14.9 Å². The maximum absolute atomic E-state index is 12.4. The summed E-state index contributed by atoms with van der Waals surface area (Å²) in [6.07, 6.45) is 3.73. The summed E-state index contributed by atoms with van der Waals surface area (Å²) in [5.74, 6) is -0.386. The summed E-state index contributed by atoms with van der Waals surface area (Å²) in [5, 5.41) is 17.9. The SMILES string of the molecule is CCC(C(=O)Nc1ccc(Cl)cc1[N+](=O)[O-])n1cc(Br)cn1. The van der Waals surface area contributed by atoms with Gasteiger partial charge in [-0.1, -0.05) is 18.5 Å². The zero-order chi connectivity index (χ0) is 16.3. The van der Waals surface area contributed by atoms with Gasteiger partial charge in [-0.2, -0.15) is 5.10 Å². The van der Waals surface area contributed by atoms with Crippen LogP contribution in [0.5, 0.6) is 0 Å².